The van der Waals surface area contributed by atoms with Crippen molar-refractivity contribution in [1.29, 1.82) is 0 Å². The normalized spacial score (nSPS) is 21.9. The van der Waals surface area contributed by atoms with Crippen LogP contribution >= 0.6 is 0 Å². The monoisotopic (exact) mass is 314 g/mol. The van der Waals surface area contributed by atoms with Crippen molar-refractivity contribution >= 4 is 0 Å². The van der Waals surface area contributed by atoms with Gasteiger partial charge in [0.15, 0.2) is 0 Å². The van der Waals surface area contributed by atoms with Crippen LogP contribution in [0.4, 0.5) is 0 Å². The molecule has 0 unspecified atom stereocenters. The Morgan fingerprint density at radius 2 is 2.00 bits per heavy atom. The lowest BCUT2D eigenvalue weighted by Gasteiger charge is -2.34. The summed E-state index contributed by atoms with van der Waals surface area (Å²) in [6.45, 7) is 6.39. The van der Waals surface area contributed by atoms with E-state index in [0.29, 0.717) is 12.0 Å². The molecule has 124 valence electrons. The van der Waals surface area contributed by atoms with E-state index in [1.165, 1.54) is 5.56 Å². The van der Waals surface area contributed by atoms with Gasteiger partial charge in [-0.05, 0) is 31.5 Å². The Bertz CT molecular complexity index is 577. The van der Waals surface area contributed by atoms with E-state index >= 15 is 0 Å². The van der Waals surface area contributed by atoms with Crippen LogP contribution in [0, 0.1) is 0 Å². The molecule has 1 fully saturated rings. The Morgan fingerprint density at radius 3 is 2.70 bits per heavy atom. The Labute approximate surface area is 139 Å². The molecule has 1 aliphatic rings. The second-order valence-corrected chi connectivity index (χ2v) is 7.15. The van der Waals surface area contributed by atoms with Crippen LogP contribution in [0.1, 0.15) is 50.4 Å². The second-order valence-electron chi connectivity index (χ2n) is 7.15. The van der Waals surface area contributed by atoms with Gasteiger partial charge in [-0.3, -0.25) is 0 Å². The summed E-state index contributed by atoms with van der Waals surface area (Å²) in [6, 6.07) is 15.4. The van der Waals surface area contributed by atoms with Gasteiger partial charge in [-0.25, -0.2) is 0 Å². The van der Waals surface area contributed by atoms with E-state index in [1.54, 1.807) is 6.26 Å². The average molecular weight is 314 g/mol. The lowest BCUT2D eigenvalue weighted by molar-refractivity contribution is -0.695. The zero-order chi connectivity index (χ0) is 16.1. The summed E-state index contributed by atoms with van der Waals surface area (Å²) in [7, 11) is 0. The third-order valence-electron chi connectivity index (χ3n) is 4.78. The second kappa shape index (κ2) is 7.33. The molecule has 2 N–H and O–H groups in total. The van der Waals surface area contributed by atoms with Crippen LogP contribution in [0.2, 0.25) is 0 Å². The minimum Gasteiger partial charge on any atom is -0.469 e. The molecule has 2 heterocycles. The van der Waals surface area contributed by atoms with Gasteiger partial charge in [0.05, 0.1) is 31.1 Å². The number of hydrogen-bond donors (Lipinski definition) is 1. The SMILES string of the molecule is CC1(C)C[C@H]([NH2+]CC[C@H](c2ccccc2)c2ccco2)CCO1. The highest BCUT2D eigenvalue weighted by molar-refractivity contribution is 5.26. The molecular weight excluding hydrogens is 286 g/mol. The molecule has 3 heteroatoms. The van der Waals surface area contributed by atoms with E-state index in [9.17, 15) is 0 Å². The molecule has 1 saturated heterocycles. The molecule has 0 aliphatic carbocycles. The maximum atomic E-state index is 5.82. The zero-order valence-electron chi connectivity index (χ0n) is 14.2. The average Bonchev–Trinajstić information content (AvgIpc) is 3.05. The highest BCUT2D eigenvalue weighted by Crippen LogP contribution is 2.27. The van der Waals surface area contributed by atoms with Gasteiger partial charge in [-0.15, -0.1) is 0 Å². The highest BCUT2D eigenvalue weighted by atomic mass is 16.5. The molecule has 3 rings (SSSR count). The van der Waals surface area contributed by atoms with Gasteiger partial charge in [0.25, 0.3) is 0 Å². The van der Waals surface area contributed by atoms with E-state index in [1.807, 2.05) is 6.07 Å². The molecule has 0 bridgehead atoms. The lowest BCUT2D eigenvalue weighted by atomic mass is 9.91. The molecule has 0 radical (unpaired) electrons. The number of rotatable bonds is 6. The predicted molar refractivity (Wildman–Crippen MR) is 91.5 cm³/mol. The predicted octanol–water partition coefficient (Wildman–Crippen LogP) is 3.32. The van der Waals surface area contributed by atoms with Crippen molar-refractivity contribution in [3.05, 3.63) is 60.1 Å². The molecule has 1 aromatic carbocycles. The Morgan fingerprint density at radius 1 is 1.17 bits per heavy atom. The zero-order valence-corrected chi connectivity index (χ0v) is 14.2. The highest BCUT2D eigenvalue weighted by Gasteiger charge is 2.31. The topological polar surface area (TPSA) is 39.0 Å². The molecule has 1 aliphatic heterocycles. The summed E-state index contributed by atoms with van der Waals surface area (Å²) in [5.41, 5.74) is 1.36. The standard InChI is InChI=1S/C20H27NO2/c1-20(2)15-17(11-14-23-20)21-12-10-18(19-9-6-13-22-19)16-7-4-3-5-8-16/h3-9,13,17-18,21H,10-12,14-15H2,1-2H3/p+1/t17-,18-/m1/s1. The van der Waals surface area contributed by atoms with Crippen LogP contribution in [-0.2, 0) is 4.74 Å². The van der Waals surface area contributed by atoms with Crippen LogP contribution in [-0.4, -0.2) is 24.8 Å². The van der Waals surface area contributed by atoms with Crippen LogP contribution in [0.25, 0.3) is 0 Å². The van der Waals surface area contributed by atoms with Crippen molar-refractivity contribution in [2.24, 2.45) is 0 Å². The van der Waals surface area contributed by atoms with Crippen LogP contribution < -0.4 is 5.32 Å². The number of hydrogen-bond acceptors (Lipinski definition) is 2. The van der Waals surface area contributed by atoms with Crippen LogP contribution in [0.5, 0.6) is 0 Å². The van der Waals surface area contributed by atoms with Gasteiger partial charge in [-0.2, -0.15) is 0 Å². The van der Waals surface area contributed by atoms with E-state index in [2.05, 4.69) is 55.6 Å². The molecule has 0 amide bonds. The molecule has 0 spiro atoms. The van der Waals surface area contributed by atoms with Crippen molar-refractivity contribution in [3.63, 3.8) is 0 Å². The molecule has 23 heavy (non-hydrogen) atoms. The first-order chi connectivity index (χ1) is 11.1. The summed E-state index contributed by atoms with van der Waals surface area (Å²) in [5.74, 6) is 1.41. The quantitative estimate of drug-likeness (QED) is 0.888. The van der Waals surface area contributed by atoms with Crippen molar-refractivity contribution < 1.29 is 14.5 Å². The molecular formula is C20H28NO2+. The van der Waals surface area contributed by atoms with Crippen molar-refractivity contribution in [2.45, 2.75) is 50.7 Å². The molecule has 2 atom stereocenters. The lowest BCUT2D eigenvalue weighted by Crippen LogP contribution is -2.91. The minimum atomic E-state index is 0.0270. The maximum absolute atomic E-state index is 5.82. The van der Waals surface area contributed by atoms with E-state index in [0.717, 1.165) is 38.2 Å². The van der Waals surface area contributed by atoms with Crippen molar-refractivity contribution in [3.8, 4) is 0 Å². The maximum Gasteiger partial charge on any atom is 0.111 e. The first-order valence-corrected chi connectivity index (χ1v) is 8.70. The van der Waals surface area contributed by atoms with Crippen LogP contribution in [0.15, 0.2) is 53.1 Å². The fraction of sp³-hybridized carbons (Fsp3) is 0.500. The van der Waals surface area contributed by atoms with Gasteiger partial charge < -0.3 is 14.5 Å². The van der Waals surface area contributed by atoms with Crippen LogP contribution in [0.3, 0.4) is 0 Å². The summed E-state index contributed by atoms with van der Waals surface area (Å²) in [6.07, 6.45) is 5.15. The minimum absolute atomic E-state index is 0.0270. The molecule has 3 nitrogen and oxygen atoms in total. The van der Waals surface area contributed by atoms with Gasteiger partial charge in [0.1, 0.15) is 5.76 Å². The largest absolute Gasteiger partial charge is 0.469 e. The number of quaternary nitrogens is 1. The first-order valence-electron chi connectivity index (χ1n) is 8.70. The third-order valence-corrected chi connectivity index (χ3v) is 4.78. The Hall–Kier alpha value is -1.58. The number of ether oxygens (including phenoxy) is 1. The first kappa shape index (κ1) is 16.3. The Balaban J connectivity index is 1.59. The van der Waals surface area contributed by atoms with E-state index in [-0.39, 0.29) is 5.60 Å². The van der Waals surface area contributed by atoms with Gasteiger partial charge >= 0.3 is 0 Å². The third kappa shape index (κ3) is 4.46. The number of furan rings is 1. The molecule has 0 saturated carbocycles. The van der Waals surface area contributed by atoms with Crippen molar-refractivity contribution in [1.82, 2.24) is 0 Å². The fourth-order valence-corrected chi connectivity index (χ4v) is 3.63. The van der Waals surface area contributed by atoms with Crippen molar-refractivity contribution in [2.75, 3.05) is 13.2 Å². The number of benzene rings is 1. The number of nitrogens with two attached hydrogens (primary N) is 1. The summed E-state index contributed by atoms with van der Waals surface area (Å²) in [5, 5.41) is 2.50. The van der Waals surface area contributed by atoms with Gasteiger partial charge in [-0.1, -0.05) is 30.3 Å². The summed E-state index contributed by atoms with van der Waals surface area (Å²) >= 11 is 0. The van der Waals surface area contributed by atoms with Gasteiger partial charge in [0, 0.05) is 25.2 Å². The summed E-state index contributed by atoms with van der Waals surface area (Å²) in [4.78, 5) is 0. The molecule has 1 aromatic heterocycles. The summed E-state index contributed by atoms with van der Waals surface area (Å²) < 4.78 is 11.5. The smallest absolute Gasteiger partial charge is 0.111 e. The fourth-order valence-electron chi connectivity index (χ4n) is 3.63. The Kier molecular flexibility index (Phi) is 5.19. The van der Waals surface area contributed by atoms with Gasteiger partial charge in [0.2, 0.25) is 0 Å². The van der Waals surface area contributed by atoms with E-state index < -0.39 is 0 Å². The van der Waals surface area contributed by atoms with E-state index in [4.69, 9.17) is 9.15 Å². The molecule has 2 aromatic rings.